The summed E-state index contributed by atoms with van der Waals surface area (Å²) in [5.74, 6) is 4.61. The van der Waals surface area contributed by atoms with E-state index in [0.29, 0.717) is 100 Å². The molecule has 430 valence electrons. The Morgan fingerprint density at radius 3 is 1.15 bits per heavy atom. The highest BCUT2D eigenvalue weighted by atomic mass is 79.9. The van der Waals surface area contributed by atoms with E-state index in [1.807, 2.05) is 38.1 Å². The van der Waals surface area contributed by atoms with Gasteiger partial charge in [-0.3, -0.25) is 4.79 Å². The van der Waals surface area contributed by atoms with Gasteiger partial charge < -0.3 is 33.2 Å². The molecule has 6 rings (SSSR count). The van der Waals surface area contributed by atoms with Gasteiger partial charge in [0, 0.05) is 46.2 Å². The first-order chi connectivity index (χ1) is 37.8. The summed E-state index contributed by atoms with van der Waals surface area (Å²) >= 11 is 10.1. The predicted octanol–water partition coefficient (Wildman–Crippen LogP) is 20.2. The number of benzene rings is 4. The molecule has 2 aromatic heterocycles. The van der Waals surface area contributed by atoms with Crippen LogP contribution in [0.1, 0.15) is 202 Å². The largest absolute Gasteiger partial charge is 0.492 e. The van der Waals surface area contributed by atoms with Crippen LogP contribution in [0.15, 0.2) is 45.3 Å². The van der Waals surface area contributed by atoms with Gasteiger partial charge in [-0.25, -0.2) is 9.59 Å². The van der Waals surface area contributed by atoms with Gasteiger partial charge in [0.2, 0.25) is 0 Å². The number of halogens is 2. The van der Waals surface area contributed by atoms with Crippen molar-refractivity contribution in [2.24, 2.45) is 23.7 Å². The van der Waals surface area contributed by atoms with Crippen molar-refractivity contribution in [2.45, 2.75) is 172 Å². The van der Waals surface area contributed by atoms with Gasteiger partial charge in [0.1, 0.15) is 27.0 Å². The topological polar surface area (TPSA) is 116 Å². The number of carbonyl (C=O) groups excluding carboxylic acids is 3. The normalized spacial score (nSPS) is 13.0. The average molecular weight is 1240 g/mol. The number of esters is 2. The van der Waals surface area contributed by atoms with E-state index < -0.39 is 0 Å². The van der Waals surface area contributed by atoms with Crippen LogP contribution in [0, 0.1) is 23.7 Å². The number of rotatable bonds is 34. The molecule has 14 heteroatoms. The van der Waals surface area contributed by atoms with Gasteiger partial charge in [-0.1, -0.05) is 132 Å². The number of ether oxygens (including phenoxy) is 7. The Balaban J connectivity index is 0.000000298. The van der Waals surface area contributed by atoms with E-state index in [0.717, 1.165) is 128 Å². The van der Waals surface area contributed by atoms with Crippen molar-refractivity contribution in [2.75, 3.05) is 46.8 Å². The number of unbranched alkanes of at least 4 members (excludes halogenated alkanes) is 4. The van der Waals surface area contributed by atoms with Gasteiger partial charge in [0.15, 0.2) is 17.8 Å². The highest BCUT2D eigenvalue weighted by Crippen LogP contribution is 2.49. The van der Waals surface area contributed by atoms with E-state index in [2.05, 4.69) is 99.4 Å². The van der Waals surface area contributed by atoms with Gasteiger partial charge in [-0.05, 0) is 131 Å². The van der Waals surface area contributed by atoms with E-state index in [-0.39, 0.29) is 11.9 Å². The van der Waals surface area contributed by atoms with Crippen molar-refractivity contribution in [3.63, 3.8) is 0 Å². The third kappa shape index (κ3) is 17.0. The molecule has 4 atom stereocenters. The first kappa shape index (κ1) is 64.7. The van der Waals surface area contributed by atoms with Crippen LogP contribution in [0.5, 0.6) is 28.7 Å². The molecule has 0 radical (unpaired) electrons. The van der Waals surface area contributed by atoms with E-state index in [1.165, 1.54) is 61.2 Å². The summed E-state index contributed by atoms with van der Waals surface area (Å²) in [6.07, 6.45) is 18.9. The van der Waals surface area contributed by atoms with Gasteiger partial charge in [0.25, 0.3) is 0 Å². The Bertz CT molecular complexity index is 2740. The number of methoxy groups -OCH3 is 1. The van der Waals surface area contributed by atoms with Crippen LogP contribution in [-0.2, 0) is 9.47 Å². The number of carbonyl (C=O) groups is 3. The zero-order valence-corrected chi connectivity index (χ0v) is 53.4. The van der Waals surface area contributed by atoms with Crippen molar-refractivity contribution >= 4 is 114 Å². The van der Waals surface area contributed by atoms with Crippen LogP contribution in [-0.4, -0.2) is 65.0 Å². The van der Waals surface area contributed by atoms with Crippen LogP contribution >= 0.6 is 54.5 Å². The van der Waals surface area contributed by atoms with Gasteiger partial charge in [-0.2, -0.15) is 0 Å². The number of fused-ring (bicyclic) bond motifs is 4. The Labute approximate surface area is 490 Å². The lowest BCUT2D eigenvalue weighted by atomic mass is 9.99. The lowest BCUT2D eigenvalue weighted by Crippen LogP contribution is -2.13. The Morgan fingerprint density at radius 2 is 0.808 bits per heavy atom. The second kappa shape index (κ2) is 33.6. The molecule has 6 aromatic rings. The third-order valence-electron chi connectivity index (χ3n) is 14.9. The molecule has 0 aliphatic heterocycles. The molecule has 0 amide bonds. The molecule has 10 nitrogen and oxygen atoms in total. The number of aldehydes is 1. The molecule has 4 aromatic carbocycles. The molecule has 78 heavy (non-hydrogen) atoms. The molecule has 2 heterocycles. The minimum absolute atomic E-state index is 0.321. The summed E-state index contributed by atoms with van der Waals surface area (Å²) in [7, 11) is 1.65. The van der Waals surface area contributed by atoms with Crippen LogP contribution in [0.2, 0.25) is 0 Å². The molecular weight excluding hydrogens is 1150 g/mol. The van der Waals surface area contributed by atoms with Crippen molar-refractivity contribution in [1.29, 1.82) is 0 Å². The quantitative estimate of drug-likeness (QED) is 0.0286. The molecule has 0 aliphatic carbocycles. The van der Waals surface area contributed by atoms with E-state index >= 15 is 0 Å². The lowest BCUT2D eigenvalue weighted by Gasteiger charge is -2.22. The summed E-state index contributed by atoms with van der Waals surface area (Å²) < 4.78 is 46.1. The first-order valence-electron chi connectivity index (χ1n) is 29.1. The minimum Gasteiger partial charge on any atom is -0.492 e. The fourth-order valence-electron chi connectivity index (χ4n) is 9.79. The molecular formula is C64H88Br2O10S2. The van der Waals surface area contributed by atoms with Crippen molar-refractivity contribution in [3.05, 3.63) is 60.7 Å². The highest BCUT2D eigenvalue weighted by molar-refractivity contribution is 9.11. The van der Waals surface area contributed by atoms with Crippen LogP contribution in [0.25, 0.3) is 41.7 Å². The van der Waals surface area contributed by atoms with E-state index in [1.54, 1.807) is 7.11 Å². The maximum Gasteiger partial charge on any atom is 0.348 e. The summed E-state index contributed by atoms with van der Waals surface area (Å²) in [4.78, 5) is 38.8. The molecule has 0 saturated carbocycles. The zero-order chi connectivity index (χ0) is 56.7. The molecule has 4 unspecified atom stereocenters. The fourth-order valence-corrected chi connectivity index (χ4v) is 12.8. The van der Waals surface area contributed by atoms with Crippen LogP contribution < -0.4 is 23.7 Å². The zero-order valence-electron chi connectivity index (χ0n) is 48.6. The molecule has 0 aliphatic rings. The summed E-state index contributed by atoms with van der Waals surface area (Å²) in [6.45, 7) is 24.4. The maximum absolute atomic E-state index is 12.8. The molecule has 0 N–H and O–H groups in total. The number of hydrogen-bond donors (Lipinski definition) is 0. The minimum atomic E-state index is -0.323. The molecule has 0 bridgehead atoms. The number of thiophene rings is 2. The van der Waals surface area contributed by atoms with Gasteiger partial charge in [0.05, 0.1) is 56.8 Å². The Hall–Kier alpha value is -4.11. The second-order valence-corrected chi connectivity index (χ2v) is 24.3. The monoisotopic (exact) mass is 1240 g/mol. The fraction of sp³-hybridized carbons (Fsp3) is 0.578. The predicted molar refractivity (Wildman–Crippen MR) is 333 cm³/mol. The van der Waals surface area contributed by atoms with Crippen molar-refractivity contribution in [3.8, 4) is 28.7 Å². The number of hydrogen-bond acceptors (Lipinski definition) is 12. The van der Waals surface area contributed by atoms with Crippen molar-refractivity contribution in [1.82, 2.24) is 0 Å². The standard InChI is InChI=1S/C36H48O6S2.C28H40Br2O4/c1-7-13-15-23(9-3)21-41-33-25-17-30-28(20-32(44-30)36(38)40-12-6)34(42-22-24(10-4)16-14-8-2)26(25)18-29-27(33)19-31(43-29)35(37)39-11-5;1-6-10-12-19(8-3)17-33-26-21-15-25(30)28(32-5)27(22(21)14-24(29)23(26)16-31)34-18-20(9-4)13-11-7-2/h17-20,23-24H,7-16,21-22H2,1-6H3;14-16,19-20H,6-13,17-18H2,1-5H3. The third-order valence-corrected chi connectivity index (χ3v) is 18.3. The maximum atomic E-state index is 12.8. The Kier molecular flexibility index (Phi) is 27.9. The molecule has 0 fully saturated rings. The van der Waals surface area contributed by atoms with E-state index in [9.17, 15) is 14.4 Å². The van der Waals surface area contributed by atoms with Gasteiger partial charge >= 0.3 is 11.9 Å². The first-order valence-corrected chi connectivity index (χ1v) is 32.3. The Morgan fingerprint density at radius 1 is 0.462 bits per heavy atom. The highest BCUT2D eigenvalue weighted by Gasteiger charge is 2.26. The summed E-state index contributed by atoms with van der Waals surface area (Å²) in [5.41, 5.74) is 0.523. The molecule has 0 spiro atoms. The van der Waals surface area contributed by atoms with Crippen LogP contribution in [0.4, 0.5) is 0 Å². The van der Waals surface area contributed by atoms with Crippen LogP contribution in [0.3, 0.4) is 0 Å². The lowest BCUT2D eigenvalue weighted by molar-refractivity contribution is 0.0522. The smallest absolute Gasteiger partial charge is 0.348 e. The summed E-state index contributed by atoms with van der Waals surface area (Å²) in [5, 5.41) is 5.38. The molecule has 0 saturated heterocycles. The second-order valence-electron chi connectivity index (χ2n) is 20.4. The SMILES string of the molecule is CCCCC(CC)COc1c(C=O)c(Br)cc2c(OCC(CC)CCCC)c(OC)c(Br)cc12.CCCCC(CC)COc1c2cc(C(=O)OCC)sc2cc2c(OCC(CC)CCCC)c3cc(C(=O)OCC)sc3cc12. The average Bonchev–Trinajstić information content (AvgIpc) is 4.10. The summed E-state index contributed by atoms with van der Waals surface area (Å²) in [6, 6.07) is 11.9. The van der Waals surface area contributed by atoms with Crippen molar-refractivity contribution < 1.29 is 47.5 Å². The van der Waals surface area contributed by atoms with Gasteiger partial charge in [-0.15, -0.1) is 22.7 Å². The van der Waals surface area contributed by atoms with E-state index in [4.69, 9.17) is 33.2 Å².